The molecule has 0 aliphatic heterocycles. The molecule has 1 rings (SSSR count). The van der Waals surface area contributed by atoms with Crippen LogP contribution in [0.25, 0.3) is 0 Å². The highest BCUT2D eigenvalue weighted by Gasteiger charge is 2.11. The number of nitrogens with zero attached hydrogens (tertiary/aromatic N) is 1. The van der Waals surface area contributed by atoms with Crippen molar-refractivity contribution in [3.8, 4) is 0 Å². The van der Waals surface area contributed by atoms with E-state index in [2.05, 4.69) is 0 Å². The van der Waals surface area contributed by atoms with Crippen molar-refractivity contribution in [3.63, 3.8) is 0 Å². The molecule has 0 aromatic carbocycles. The highest BCUT2D eigenvalue weighted by molar-refractivity contribution is 6.53. The van der Waals surface area contributed by atoms with E-state index in [1.807, 2.05) is 0 Å². The molecular formula is C8H8Cl2N2O. The normalized spacial score (nSPS) is 10.4. The molecule has 0 saturated heterocycles. The zero-order valence-corrected chi connectivity index (χ0v) is 8.22. The van der Waals surface area contributed by atoms with Gasteiger partial charge in [-0.15, -0.1) is 0 Å². The van der Waals surface area contributed by atoms with Crippen molar-refractivity contribution in [2.24, 2.45) is 0 Å². The van der Waals surface area contributed by atoms with Crippen LogP contribution in [0.5, 0.6) is 0 Å². The van der Waals surface area contributed by atoms with Crippen LogP contribution >= 0.6 is 23.2 Å². The number of hydrogen-bond donors (Lipinski definition) is 1. The third-order valence-corrected chi connectivity index (χ3v) is 2.00. The summed E-state index contributed by atoms with van der Waals surface area (Å²) >= 11 is 10.7. The van der Waals surface area contributed by atoms with E-state index in [0.717, 1.165) is 0 Å². The fraction of sp³-hybridized carbons (Fsp3) is 0.250. The van der Waals surface area contributed by atoms with E-state index in [1.165, 1.54) is 4.57 Å². The van der Waals surface area contributed by atoms with Gasteiger partial charge in [-0.25, -0.2) is 0 Å². The summed E-state index contributed by atoms with van der Waals surface area (Å²) in [7, 11) is 0. The fourth-order valence-electron chi connectivity index (χ4n) is 0.851. The topological polar surface area (TPSA) is 45.9 Å². The lowest BCUT2D eigenvalue weighted by molar-refractivity contribution is -0.118. The monoisotopic (exact) mass is 218 g/mol. The number of ketones is 1. The van der Waals surface area contributed by atoms with Crippen LogP contribution in [-0.2, 0) is 11.3 Å². The zero-order chi connectivity index (χ0) is 9.84. The maximum Gasteiger partial charge on any atom is 0.185 e. The number of carbonyl (C=O) groups excluding carboxylic acids is 1. The quantitative estimate of drug-likeness (QED) is 0.766. The second-order valence-corrected chi connectivity index (χ2v) is 3.58. The van der Waals surface area contributed by atoms with Crippen molar-refractivity contribution in [1.82, 2.24) is 4.57 Å². The fourth-order valence-corrected chi connectivity index (χ4v) is 0.989. The molecule has 5 heteroatoms. The molecule has 0 amide bonds. The second kappa shape index (κ2) is 4.44. The van der Waals surface area contributed by atoms with Crippen LogP contribution in [0.4, 0.5) is 0 Å². The highest BCUT2D eigenvalue weighted by Crippen LogP contribution is 2.03. The van der Waals surface area contributed by atoms with Crippen molar-refractivity contribution in [2.75, 3.05) is 0 Å². The SMILES string of the molecule is N=c1ccccn1CC(=O)C(Cl)Cl. The van der Waals surface area contributed by atoms with E-state index in [4.69, 9.17) is 28.6 Å². The van der Waals surface area contributed by atoms with Crippen LogP contribution < -0.4 is 5.49 Å². The average molecular weight is 219 g/mol. The maximum absolute atomic E-state index is 11.1. The predicted octanol–water partition coefficient (Wildman–Crippen LogP) is 1.34. The van der Waals surface area contributed by atoms with Crippen LogP contribution in [-0.4, -0.2) is 15.2 Å². The Hall–Kier alpha value is -0.800. The van der Waals surface area contributed by atoms with Crippen molar-refractivity contribution in [3.05, 3.63) is 29.9 Å². The number of nitrogens with one attached hydrogen (secondary N) is 1. The minimum atomic E-state index is -1.02. The Balaban J connectivity index is 2.81. The Bertz CT molecular complexity index is 359. The zero-order valence-electron chi connectivity index (χ0n) is 6.71. The van der Waals surface area contributed by atoms with Crippen LogP contribution in [0.2, 0.25) is 0 Å². The molecule has 70 valence electrons. The maximum atomic E-state index is 11.1. The Morgan fingerprint density at radius 1 is 1.54 bits per heavy atom. The van der Waals surface area contributed by atoms with E-state index >= 15 is 0 Å². The average Bonchev–Trinajstić information content (AvgIpc) is 2.08. The minimum Gasteiger partial charge on any atom is -0.326 e. The highest BCUT2D eigenvalue weighted by atomic mass is 35.5. The number of alkyl halides is 2. The summed E-state index contributed by atoms with van der Waals surface area (Å²) in [6.45, 7) is 0.0390. The summed E-state index contributed by atoms with van der Waals surface area (Å²) < 4.78 is 1.47. The summed E-state index contributed by atoms with van der Waals surface area (Å²) in [4.78, 5) is 10.1. The van der Waals surface area contributed by atoms with Crippen molar-refractivity contribution >= 4 is 29.0 Å². The van der Waals surface area contributed by atoms with Gasteiger partial charge in [-0.2, -0.15) is 0 Å². The molecule has 3 nitrogen and oxygen atoms in total. The summed E-state index contributed by atoms with van der Waals surface area (Å²) in [6, 6.07) is 5.05. The van der Waals surface area contributed by atoms with Gasteiger partial charge in [0.1, 0.15) is 5.49 Å². The molecule has 0 saturated carbocycles. The Kier molecular flexibility index (Phi) is 3.51. The molecule has 0 aliphatic carbocycles. The number of Topliss-reactive ketones (excluding diaryl/α,β-unsaturated/α-hetero) is 1. The Labute approximate surface area is 85.4 Å². The first-order valence-corrected chi connectivity index (χ1v) is 4.49. The van der Waals surface area contributed by atoms with Crippen molar-refractivity contribution < 1.29 is 4.79 Å². The number of halogens is 2. The number of carbonyl (C=O) groups is 1. The van der Waals surface area contributed by atoms with Gasteiger partial charge in [-0.05, 0) is 12.1 Å². The number of hydrogen-bond acceptors (Lipinski definition) is 2. The second-order valence-electron chi connectivity index (χ2n) is 2.48. The molecule has 0 aliphatic rings. The van der Waals surface area contributed by atoms with Crippen LogP contribution in [0.3, 0.4) is 0 Å². The standard InChI is InChI=1S/C8H8Cl2N2O/c9-8(10)6(13)5-12-4-2-1-3-7(12)11/h1-4,8,11H,5H2. The molecule has 1 N–H and O–H groups in total. The molecule has 0 spiro atoms. The van der Waals surface area contributed by atoms with Gasteiger partial charge in [0.15, 0.2) is 10.6 Å². The molecule has 0 unspecified atom stereocenters. The smallest absolute Gasteiger partial charge is 0.185 e. The van der Waals surface area contributed by atoms with Crippen molar-refractivity contribution in [2.45, 2.75) is 11.4 Å². The van der Waals surface area contributed by atoms with Gasteiger partial charge < -0.3 is 4.57 Å². The van der Waals surface area contributed by atoms with Gasteiger partial charge >= 0.3 is 0 Å². The number of aromatic nitrogens is 1. The number of pyridine rings is 1. The largest absolute Gasteiger partial charge is 0.326 e. The Morgan fingerprint density at radius 2 is 2.23 bits per heavy atom. The summed E-state index contributed by atoms with van der Waals surface area (Å²) in [6.07, 6.45) is 1.64. The molecule has 0 bridgehead atoms. The van der Waals surface area contributed by atoms with Gasteiger partial charge in [0.25, 0.3) is 0 Å². The van der Waals surface area contributed by atoms with Crippen LogP contribution in [0.1, 0.15) is 0 Å². The van der Waals surface area contributed by atoms with Gasteiger partial charge in [0.05, 0.1) is 6.54 Å². The Morgan fingerprint density at radius 3 is 2.77 bits per heavy atom. The molecule has 0 radical (unpaired) electrons. The van der Waals surface area contributed by atoms with E-state index in [-0.39, 0.29) is 17.8 Å². The van der Waals surface area contributed by atoms with E-state index < -0.39 is 4.84 Å². The molecule has 1 aromatic heterocycles. The molecule has 1 heterocycles. The summed E-state index contributed by atoms with van der Waals surface area (Å²) in [5, 5.41) is 7.43. The number of rotatable bonds is 3. The molecule has 1 aromatic rings. The lowest BCUT2D eigenvalue weighted by Crippen LogP contribution is -2.25. The third kappa shape index (κ3) is 2.86. The van der Waals surface area contributed by atoms with E-state index in [0.29, 0.717) is 0 Å². The summed E-state index contributed by atoms with van der Waals surface area (Å²) in [5.41, 5.74) is 0.254. The van der Waals surface area contributed by atoms with Crippen LogP contribution in [0, 0.1) is 5.41 Å². The predicted molar refractivity (Wildman–Crippen MR) is 50.8 cm³/mol. The first-order valence-electron chi connectivity index (χ1n) is 3.62. The van der Waals surface area contributed by atoms with Gasteiger partial charge in [0, 0.05) is 6.20 Å². The minimum absolute atomic E-state index is 0.0390. The molecule has 13 heavy (non-hydrogen) atoms. The third-order valence-electron chi connectivity index (χ3n) is 1.51. The van der Waals surface area contributed by atoms with Gasteiger partial charge in [-0.1, -0.05) is 29.3 Å². The van der Waals surface area contributed by atoms with Gasteiger partial charge in [-0.3, -0.25) is 10.2 Å². The van der Waals surface area contributed by atoms with Crippen LogP contribution in [0.15, 0.2) is 24.4 Å². The van der Waals surface area contributed by atoms with Crippen molar-refractivity contribution in [1.29, 1.82) is 5.41 Å². The van der Waals surface area contributed by atoms with E-state index in [1.54, 1.807) is 24.4 Å². The molecule has 0 atom stereocenters. The summed E-state index contributed by atoms with van der Waals surface area (Å²) in [5.74, 6) is -0.312. The molecule has 0 fully saturated rings. The van der Waals surface area contributed by atoms with E-state index in [9.17, 15) is 4.79 Å². The van der Waals surface area contributed by atoms with Gasteiger partial charge in [0.2, 0.25) is 0 Å². The first kappa shape index (κ1) is 10.3. The lowest BCUT2D eigenvalue weighted by atomic mass is 10.4. The molecular weight excluding hydrogens is 211 g/mol. The first-order chi connectivity index (χ1) is 6.11. The lowest BCUT2D eigenvalue weighted by Gasteiger charge is -2.05.